The summed E-state index contributed by atoms with van der Waals surface area (Å²) >= 11 is 0. The lowest BCUT2D eigenvalue weighted by molar-refractivity contribution is 0.147. The van der Waals surface area contributed by atoms with Gasteiger partial charge in [-0.1, -0.05) is 77.1 Å². The molecule has 0 spiro atoms. The molecule has 0 atom stereocenters. The van der Waals surface area contributed by atoms with Crippen molar-refractivity contribution in [3.8, 4) is 0 Å². The normalized spacial score (nSPS) is 9.85. The third kappa shape index (κ3) is 12.0. The Hall–Kier alpha value is -2.13. The van der Waals surface area contributed by atoms with E-state index in [0.717, 1.165) is 18.5 Å². The van der Waals surface area contributed by atoms with Crippen LogP contribution < -0.4 is 0 Å². The lowest BCUT2D eigenvalue weighted by Gasteiger charge is -2.19. The molecular formula is C24H36FNO. The first-order valence-corrected chi connectivity index (χ1v) is 10.0. The topological polar surface area (TPSA) is 12.5 Å². The lowest BCUT2D eigenvalue weighted by atomic mass is 10.2. The first-order valence-electron chi connectivity index (χ1n) is 10.0. The van der Waals surface area contributed by atoms with Gasteiger partial charge in [-0.2, -0.15) is 0 Å². The van der Waals surface area contributed by atoms with Crippen LogP contribution in [0.15, 0.2) is 66.9 Å². The average molecular weight is 374 g/mol. The Labute approximate surface area is 165 Å². The van der Waals surface area contributed by atoms with Crippen LogP contribution in [0.2, 0.25) is 0 Å². The van der Waals surface area contributed by atoms with Gasteiger partial charge >= 0.3 is 0 Å². The van der Waals surface area contributed by atoms with Crippen molar-refractivity contribution >= 4 is 0 Å². The molecule has 3 heteroatoms. The Morgan fingerprint density at radius 1 is 0.926 bits per heavy atom. The van der Waals surface area contributed by atoms with Gasteiger partial charge < -0.3 is 9.64 Å². The van der Waals surface area contributed by atoms with E-state index in [4.69, 9.17) is 4.74 Å². The van der Waals surface area contributed by atoms with Crippen LogP contribution in [0.5, 0.6) is 0 Å². The minimum atomic E-state index is -0.186. The van der Waals surface area contributed by atoms with E-state index < -0.39 is 0 Å². The van der Waals surface area contributed by atoms with Crippen molar-refractivity contribution in [3.63, 3.8) is 0 Å². The minimum Gasteiger partial charge on any atom is -0.373 e. The standard InChI is InChI=1S/C20H24FNO.2C2H6/c1-2-12-22(16-19-10-6-11-20(21)15-19)13-7-14-23-17-18-8-4-3-5-9-18;2*1-2/h3-11,13,15H,2,12,14,16-17H2,1H3;2*1-2H3/b13-7-;;. The van der Waals surface area contributed by atoms with Crippen LogP contribution in [0.4, 0.5) is 4.39 Å². The molecule has 0 aromatic heterocycles. The Morgan fingerprint density at radius 2 is 1.59 bits per heavy atom. The molecule has 0 unspecified atom stereocenters. The third-order valence-corrected chi connectivity index (χ3v) is 3.43. The predicted molar refractivity (Wildman–Crippen MR) is 115 cm³/mol. The lowest BCUT2D eigenvalue weighted by Crippen LogP contribution is -2.17. The molecule has 0 saturated heterocycles. The van der Waals surface area contributed by atoms with E-state index in [1.807, 2.05) is 64.2 Å². The molecule has 0 heterocycles. The summed E-state index contributed by atoms with van der Waals surface area (Å²) in [6.45, 7) is 13.0. The van der Waals surface area contributed by atoms with E-state index in [1.165, 1.54) is 11.6 Å². The van der Waals surface area contributed by atoms with Crippen molar-refractivity contribution < 1.29 is 9.13 Å². The van der Waals surface area contributed by atoms with Gasteiger partial charge in [0.05, 0.1) is 13.2 Å². The summed E-state index contributed by atoms with van der Waals surface area (Å²) in [7, 11) is 0. The highest BCUT2D eigenvalue weighted by molar-refractivity contribution is 5.16. The summed E-state index contributed by atoms with van der Waals surface area (Å²) in [5.41, 5.74) is 2.15. The van der Waals surface area contributed by atoms with Gasteiger partial charge in [0.2, 0.25) is 0 Å². The predicted octanol–water partition coefficient (Wildman–Crippen LogP) is 6.82. The van der Waals surface area contributed by atoms with Gasteiger partial charge in [0, 0.05) is 13.1 Å². The molecule has 0 N–H and O–H groups in total. The maximum Gasteiger partial charge on any atom is 0.123 e. The maximum atomic E-state index is 13.3. The molecule has 0 bridgehead atoms. The zero-order valence-electron chi connectivity index (χ0n) is 17.6. The van der Waals surface area contributed by atoms with Crippen LogP contribution in [0.25, 0.3) is 0 Å². The summed E-state index contributed by atoms with van der Waals surface area (Å²) in [5, 5.41) is 0. The van der Waals surface area contributed by atoms with E-state index in [-0.39, 0.29) is 5.82 Å². The molecule has 0 aliphatic heterocycles. The molecule has 2 aromatic rings. The fourth-order valence-corrected chi connectivity index (χ4v) is 2.37. The van der Waals surface area contributed by atoms with Gasteiger partial charge in [-0.25, -0.2) is 4.39 Å². The number of hydrogen-bond acceptors (Lipinski definition) is 2. The molecule has 0 radical (unpaired) electrons. The van der Waals surface area contributed by atoms with Crippen LogP contribution in [-0.4, -0.2) is 18.1 Å². The summed E-state index contributed by atoms with van der Waals surface area (Å²) in [5.74, 6) is -0.186. The Morgan fingerprint density at radius 3 is 2.22 bits per heavy atom. The second-order valence-electron chi connectivity index (χ2n) is 5.49. The maximum absolute atomic E-state index is 13.3. The fraction of sp³-hybridized carbons (Fsp3) is 0.417. The second-order valence-corrected chi connectivity index (χ2v) is 5.49. The molecule has 0 amide bonds. The number of benzene rings is 2. The molecular weight excluding hydrogens is 337 g/mol. The number of ether oxygens (including phenoxy) is 1. The Kier molecular flexibility index (Phi) is 15.9. The van der Waals surface area contributed by atoms with E-state index in [1.54, 1.807) is 12.1 Å². The molecule has 27 heavy (non-hydrogen) atoms. The molecule has 0 aliphatic carbocycles. The van der Waals surface area contributed by atoms with Crippen LogP contribution in [0, 0.1) is 5.82 Å². The zero-order valence-corrected chi connectivity index (χ0v) is 17.6. The summed E-state index contributed by atoms with van der Waals surface area (Å²) < 4.78 is 18.9. The molecule has 2 nitrogen and oxygen atoms in total. The van der Waals surface area contributed by atoms with E-state index in [2.05, 4.69) is 24.0 Å². The average Bonchev–Trinajstić information content (AvgIpc) is 2.72. The van der Waals surface area contributed by atoms with Crippen LogP contribution in [0.1, 0.15) is 52.2 Å². The highest BCUT2D eigenvalue weighted by Crippen LogP contribution is 2.08. The Balaban J connectivity index is 0.00000158. The molecule has 2 aromatic carbocycles. The van der Waals surface area contributed by atoms with Gasteiger partial charge in [0.1, 0.15) is 5.82 Å². The quantitative estimate of drug-likeness (QED) is 0.447. The molecule has 150 valence electrons. The number of rotatable bonds is 9. The van der Waals surface area contributed by atoms with Gasteiger partial charge in [-0.3, -0.25) is 0 Å². The van der Waals surface area contributed by atoms with Crippen molar-refractivity contribution in [1.82, 2.24) is 4.90 Å². The molecule has 0 aliphatic rings. The molecule has 0 fully saturated rings. The molecule has 0 saturated carbocycles. The fourth-order valence-electron chi connectivity index (χ4n) is 2.37. The second kappa shape index (κ2) is 17.3. The Bertz CT molecular complexity index is 598. The van der Waals surface area contributed by atoms with E-state index in [9.17, 15) is 4.39 Å². The van der Waals surface area contributed by atoms with Gasteiger partial charge in [0.15, 0.2) is 0 Å². The number of nitrogens with zero attached hydrogens (tertiary/aromatic N) is 1. The van der Waals surface area contributed by atoms with Crippen molar-refractivity contribution in [3.05, 3.63) is 83.8 Å². The highest BCUT2D eigenvalue weighted by Gasteiger charge is 2.01. The monoisotopic (exact) mass is 373 g/mol. The first kappa shape index (κ1) is 24.9. The van der Waals surface area contributed by atoms with Crippen molar-refractivity contribution in [2.45, 2.75) is 54.2 Å². The third-order valence-electron chi connectivity index (χ3n) is 3.43. The van der Waals surface area contributed by atoms with Crippen molar-refractivity contribution in [1.29, 1.82) is 0 Å². The largest absolute Gasteiger partial charge is 0.373 e. The van der Waals surface area contributed by atoms with Crippen LogP contribution in [-0.2, 0) is 17.9 Å². The van der Waals surface area contributed by atoms with Crippen LogP contribution in [0.3, 0.4) is 0 Å². The van der Waals surface area contributed by atoms with Gasteiger partial charge in [-0.15, -0.1) is 0 Å². The van der Waals surface area contributed by atoms with Crippen LogP contribution >= 0.6 is 0 Å². The van der Waals surface area contributed by atoms with Gasteiger partial charge in [0.25, 0.3) is 0 Å². The number of halogens is 1. The molecule has 2 rings (SSSR count). The highest BCUT2D eigenvalue weighted by atomic mass is 19.1. The van der Waals surface area contributed by atoms with E-state index in [0.29, 0.717) is 19.8 Å². The summed E-state index contributed by atoms with van der Waals surface area (Å²) in [6, 6.07) is 16.9. The summed E-state index contributed by atoms with van der Waals surface area (Å²) in [6.07, 6.45) is 5.10. The number of hydrogen-bond donors (Lipinski definition) is 0. The summed E-state index contributed by atoms with van der Waals surface area (Å²) in [4.78, 5) is 2.18. The SMILES string of the molecule is CC.CC.CCCN(/C=C\COCc1ccccc1)Cc1cccc(F)c1. The zero-order chi connectivity index (χ0) is 20.3. The smallest absolute Gasteiger partial charge is 0.123 e. The van der Waals surface area contributed by atoms with E-state index >= 15 is 0 Å². The van der Waals surface area contributed by atoms with Crippen molar-refractivity contribution in [2.24, 2.45) is 0 Å². The first-order chi connectivity index (χ1) is 13.3. The van der Waals surface area contributed by atoms with Gasteiger partial charge in [-0.05, 0) is 42.0 Å². The minimum absolute atomic E-state index is 0.186. The van der Waals surface area contributed by atoms with Crippen molar-refractivity contribution in [2.75, 3.05) is 13.2 Å².